The van der Waals surface area contributed by atoms with E-state index >= 15 is 0 Å². The van der Waals surface area contributed by atoms with Crippen molar-refractivity contribution in [3.63, 3.8) is 0 Å². The van der Waals surface area contributed by atoms with Gasteiger partial charge in [-0.1, -0.05) is 23.7 Å². The molecule has 2 atom stereocenters. The third-order valence-corrected chi connectivity index (χ3v) is 2.37. The third-order valence-electron chi connectivity index (χ3n) is 2.13. The average molecular weight is 290 g/mol. The molecule has 7 heteroatoms. The van der Waals surface area contributed by atoms with Crippen molar-refractivity contribution in [3.8, 4) is 0 Å². The first-order valence-electron chi connectivity index (χ1n) is 4.56. The van der Waals surface area contributed by atoms with Crippen molar-refractivity contribution in [3.05, 3.63) is 34.9 Å². The highest BCUT2D eigenvalue weighted by atomic mass is 35.5. The van der Waals surface area contributed by atoms with E-state index in [1.165, 1.54) is 12.1 Å². The molecular formula is C10H12Cl2F3NO. The molecule has 0 saturated heterocycles. The van der Waals surface area contributed by atoms with Gasteiger partial charge < -0.3 is 10.8 Å². The van der Waals surface area contributed by atoms with Gasteiger partial charge >= 0.3 is 6.18 Å². The van der Waals surface area contributed by atoms with Crippen LogP contribution in [0.1, 0.15) is 18.1 Å². The normalized spacial score (nSPS) is 14.9. The summed E-state index contributed by atoms with van der Waals surface area (Å²) in [4.78, 5) is 0. The lowest BCUT2D eigenvalue weighted by molar-refractivity contribution is -0.153. The fraction of sp³-hybridized carbons (Fsp3) is 0.400. The second-order valence-electron chi connectivity index (χ2n) is 3.45. The van der Waals surface area contributed by atoms with E-state index in [2.05, 4.69) is 0 Å². The largest absolute Gasteiger partial charge is 0.403 e. The highest BCUT2D eigenvalue weighted by molar-refractivity contribution is 6.30. The predicted octanol–water partition coefficient (Wildman–Crippen LogP) is 3.07. The molecule has 0 bridgehead atoms. The summed E-state index contributed by atoms with van der Waals surface area (Å²) in [6.45, 7) is 0. The molecule has 1 rings (SSSR count). The maximum atomic E-state index is 12.1. The molecule has 3 N–H and O–H groups in total. The van der Waals surface area contributed by atoms with Crippen LogP contribution in [0.3, 0.4) is 0 Å². The summed E-state index contributed by atoms with van der Waals surface area (Å²) in [5, 5.41) is 9.90. The van der Waals surface area contributed by atoms with Gasteiger partial charge in [0, 0.05) is 11.4 Å². The van der Waals surface area contributed by atoms with Gasteiger partial charge in [0.1, 0.15) is 6.04 Å². The summed E-state index contributed by atoms with van der Waals surface area (Å²) >= 11 is 5.65. The Morgan fingerprint density at radius 3 is 2.41 bits per heavy atom. The van der Waals surface area contributed by atoms with Gasteiger partial charge in [-0.2, -0.15) is 13.2 Å². The number of hydrogen-bond donors (Lipinski definition) is 2. The molecule has 0 saturated carbocycles. The van der Waals surface area contributed by atoms with Crippen LogP contribution in [0.25, 0.3) is 0 Å². The van der Waals surface area contributed by atoms with E-state index in [9.17, 15) is 18.3 Å². The number of rotatable bonds is 3. The quantitative estimate of drug-likeness (QED) is 0.898. The lowest BCUT2D eigenvalue weighted by Crippen LogP contribution is -2.38. The summed E-state index contributed by atoms with van der Waals surface area (Å²) < 4.78 is 36.4. The molecule has 0 amide bonds. The SMILES string of the molecule is Cl.N[C@H](C[C@H](O)c1cccc(Cl)c1)C(F)(F)F. The molecule has 0 aliphatic rings. The Kier molecular flexibility index (Phi) is 6.26. The van der Waals surface area contributed by atoms with Crippen LogP contribution in [0.4, 0.5) is 13.2 Å². The standard InChI is InChI=1S/C10H11ClF3NO.ClH/c11-7-3-1-2-6(4-7)8(16)5-9(15)10(12,13)14;/h1-4,8-9,16H,5,15H2;1H/t8-,9+;/m0./s1. The van der Waals surface area contributed by atoms with Gasteiger partial charge in [0.25, 0.3) is 0 Å². The molecular weight excluding hydrogens is 278 g/mol. The zero-order valence-electron chi connectivity index (χ0n) is 8.62. The minimum Gasteiger partial charge on any atom is -0.388 e. The number of nitrogens with two attached hydrogens (primary N) is 1. The Labute approximate surface area is 108 Å². The molecule has 0 fully saturated rings. The molecule has 0 aliphatic carbocycles. The Morgan fingerprint density at radius 2 is 1.94 bits per heavy atom. The molecule has 0 heterocycles. The van der Waals surface area contributed by atoms with Crippen LogP contribution >= 0.6 is 24.0 Å². The van der Waals surface area contributed by atoms with Crippen molar-refractivity contribution in [2.24, 2.45) is 5.73 Å². The summed E-state index contributed by atoms with van der Waals surface area (Å²) in [6.07, 6.45) is -6.35. The van der Waals surface area contributed by atoms with E-state index in [1.54, 1.807) is 12.1 Å². The van der Waals surface area contributed by atoms with E-state index in [1.807, 2.05) is 0 Å². The maximum absolute atomic E-state index is 12.1. The minimum absolute atomic E-state index is 0. The van der Waals surface area contributed by atoms with E-state index in [4.69, 9.17) is 17.3 Å². The molecule has 2 nitrogen and oxygen atoms in total. The Bertz CT molecular complexity index is 360. The first-order chi connectivity index (χ1) is 7.30. The number of aliphatic hydroxyl groups is 1. The zero-order valence-corrected chi connectivity index (χ0v) is 10.2. The average Bonchev–Trinajstić information content (AvgIpc) is 2.16. The molecule has 0 aliphatic heterocycles. The van der Waals surface area contributed by atoms with Crippen molar-refractivity contribution in [1.82, 2.24) is 0 Å². The van der Waals surface area contributed by atoms with Crippen molar-refractivity contribution in [1.29, 1.82) is 0 Å². The van der Waals surface area contributed by atoms with E-state index < -0.39 is 24.7 Å². The number of benzene rings is 1. The van der Waals surface area contributed by atoms with Crippen LogP contribution in [0.2, 0.25) is 5.02 Å². The van der Waals surface area contributed by atoms with Crippen molar-refractivity contribution in [2.75, 3.05) is 0 Å². The molecule has 1 aromatic rings. The fourth-order valence-electron chi connectivity index (χ4n) is 1.22. The van der Waals surface area contributed by atoms with Crippen LogP contribution < -0.4 is 5.73 Å². The smallest absolute Gasteiger partial charge is 0.388 e. The molecule has 17 heavy (non-hydrogen) atoms. The Morgan fingerprint density at radius 1 is 1.35 bits per heavy atom. The van der Waals surface area contributed by atoms with Crippen molar-refractivity contribution >= 4 is 24.0 Å². The van der Waals surface area contributed by atoms with E-state index in [-0.39, 0.29) is 12.4 Å². The number of hydrogen-bond acceptors (Lipinski definition) is 2. The maximum Gasteiger partial charge on any atom is 0.403 e. The van der Waals surface area contributed by atoms with Gasteiger partial charge in [0.05, 0.1) is 6.10 Å². The summed E-state index contributed by atoms with van der Waals surface area (Å²) in [7, 11) is 0. The summed E-state index contributed by atoms with van der Waals surface area (Å²) in [6, 6.07) is 4.00. The second kappa shape index (κ2) is 6.44. The molecule has 0 unspecified atom stereocenters. The molecule has 0 radical (unpaired) electrons. The third kappa shape index (κ3) is 5.12. The number of alkyl halides is 3. The van der Waals surface area contributed by atoms with Crippen molar-refractivity contribution in [2.45, 2.75) is 24.7 Å². The van der Waals surface area contributed by atoms with Gasteiger partial charge in [0.15, 0.2) is 0 Å². The van der Waals surface area contributed by atoms with Crippen molar-refractivity contribution < 1.29 is 18.3 Å². The summed E-state index contributed by atoms with van der Waals surface area (Å²) in [5.74, 6) is 0. The van der Waals surface area contributed by atoms with Gasteiger partial charge in [-0.3, -0.25) is 0 Å². The topological polar surface area (TPSA) is 46.2 Å². The zero-order chi connectivity index (χ0) is 12.3. The minimum atomic E-state index is -4.50. The first kappa shape index (κ1) is 16.5. The van der Waals surface area contributed by atoms with Crippen LogP contribution in [-0.4, -0.2) is 17.3 Å². The highest BCUT2D eigenvalue weighted by Gasteiger charge is 2.37. The fourth-order valence-corrected chi connectivity index (χ4v) is 1.42. The number of halogens is 5. The number of aliphatic hydroxyl groups excluding tert-OH is 1. The van der Waals surface area contributed by atoms with Gasteiger partial charge in [0.2, 0.25) is 0 Å². The summed E-state index contributed by atoms with van der Waals surface area (Å²) in [5.41, 5.74) is 5.24. The molecule has 0 aromatic heterocycles. The van der Waals surface area contributed by atoms with Crippen LogP contribution in [-0.2, 0) is 0 Å². The lowest BCUT2D eigenvalue weighted by Gasteiger charge is -2.19. The molecule has 0 spiro atoms. The van der Waals surface area contributed by atoms with E-state index in [0.29, 0.717) is 10.6 Å². The van der Waals surface area contributed by atoms with Gasteiger partial charge in [-0.05, 0) is 17.7 Å². The van der Waals surface area contributed by atoms with E-state index in [0.717, 1.165) is 0 Å². The second-order valence-corrected chi connectivity index (χ2v) is 3.89. The van der Waals surface area contributed by atoms with Crippen LogP contribution in [0.15, 0.2) is 24.3 Å². The molecule has 98 valence electrons. The molecule has 1 aromatic carbocycles. The Balaban J connectivity index is 0.00000256. The van der Waals surface area contributed by atoms with Crippen LogP contribution in [0.5, 0.6) is 0 Å². The lowest BCUT2D eigenvalue weighted by atomic mass is 10.0. The Hall–Kier alpha value is -0.490. The van der Waals surface area contributed by atoms with Gasteiger partial charge in [-0.15, -0.1) is 12.4 Å². The van der Waals surface area contributed by atoms with Crippen LogP contribution in [0, 0.1) is 0 Å². The predicted molar refractivity (Wildman–Crippen MR) is 62.3 cm³/mol. The van der Waals surface area contributed by atoms with Gasteiger partial charge in [-0.25, -0.2) is 0 Å². The monoisotopic (exact) mass is 289 g/mol. The first-order valence-corrected chi connectivity index (χ1v) is 4.94. The highest BCUT2D eigenvalue weighted by Crippen LogP contribution is 2.27.